The maximum atomic E-state index is 10.1. The molecule has 2 aromatic rings. The van der Waals surface area contributed by atoms with Gasteiger partial charge in [-0.15, -0.1) is 0 Å². The quantitative estimate of drug-likeness (QED) is 0.351. The molecule has 0 atom stereocenters. The number of hydrogen-bond acceptors (Lipinski definition) is 2. The molecule has 2 aromatic carbocycles. The number of phenols is 2. The summed E-state index contributed by atoms with van der Waals surface area (Å²) in [6.45, 7) is 0. The summed E-state index contributed by atoms with van der Waals surface area (Å²) in [5.41, 5.74) is 2.36. The Kier molecular flexibility index (Phi) is 24.1. The predicted molar refractivity (Wildman–Crippen MR) is 170 cm³/mol. The van der Waals surface area contributed by atoms with Crippen LogP contribution in [0, 0.1) is 0 Å². The van der Waals surface area contributed by atoms with Crippen LogP contribution in [0.25, 0.3) is 0 Å². The van der Waals surface area contributed by atoms with Gasteiger partial charge in [-0.1, -0.05) is 152 Å². The minimum atomic E-state index is 0. The third-order valence-electron chi connectivity index (χ3n) is 8.96. The molecule has 5 heteroatoms. The zero-order valence-electron chi connectivity index (χ0n) is 25.6. The van der Waals surface area contributed by atoms with E-state index in [1.165, 1.54) is 152 Å². The van der Waals surface area contributed by atoms with Gasteiger partial charge in [-0.25, -0.2) is 0 Å². The van der Waals surface area contributed by atoms with E-state index in [0.717, 1.165) is 0 Å². The van der Waals surface area contributed by atoms with Crippen LogP contribution < -0.4 is 0 Å². The van der Waals surface area contributed by atoms with Crippen LogP contribution >= 0.6 is 0 Å². The van der Waals surface area contributed by atoms with Crippen LogP contribution in [-0.4, -0.2) is 21.2 Å². The van der Waals surface area contributed by atoms with Gasteiger partial charge in [-0.05, 0) is 60.8 Å². The van der Waals surface area contributed by atoms with Gasteiger partial charge in [-0.3, -0.25) is 0 Å². The van der Waals surface area contributed by atoms with Crippen LogP contribution in [0.15, 0.2) is 48.5 Å². The average molecular weight is 616 g/mol. The van der Waals surface area contributed by atoms with Crippen LogP contribution in [0.1, 0.15) is 164 Å². The summed E-state index contributed by atoms with van der Waals surface area (Å²) in [6.07, 6.45) is 29.8. The Bertz CT molecular complexity index is 779. The van der Waals surface area contributed by atoms with Crippen molar-refractivity contribution in [3.05, 3.63) is 59.7 Å². The first kappa shape index (κ1) is 39.5. The van der Waals surface area contributed by atoms with Crippen molar-refractivity contribution in [2.24, 2.45) is 0 Å². The van der Waals surface area contributed by atoms with Crippen LogP contribution in [0.5, 0.6) is 11.5 Å². The normalized spacial score (nSPS) is 18.9. The average Bonchev–Trinajstić information content (AvgIpc) is 2.91. The van der Waals surface area contributed by atoms with Crippen LogP contribution in [-0.2, 0) is 16.8 Å². The van der Waals surface area contributed by atoms with E-state index in [-0.39, 0.29) is 27.7 Å². The Hall–Kier alpha value is -1.53. The summed E-state index contributed by atoms with van der Waals surface area (Å²) in [4.78, 5) is 0. The van der Waals surface area contributed by atoms with Crippen molar-refractivity contribution in [3.63, 3.8) is 0 Å². The fourth-order valence-corrected chi connectivity index (χ4v) is 6.61. The number of benzene rings is 2. The van der Waals surface area contributed by atoms with Gasteiger partial charge in [-0.2, -0.15) is 0 Å². The van der Waals surface area contributed by atoms with Crippen molar-refractivity contribution in [1.29, 1.82) is 0 Å². The summed E-state index contributed by atoms with van der Waals surface area (Å²) in [5.74, 6) is 2.14. The fraction of sp³-hybridized carbons (Fsp3) is 0.667. The van der Waals surface area contributed by atoms with Gasteiger partial charge in [0.25, 0.3) is 0 Å². The molecule has 0 bridgehead atoms. The molecule has 1 radical (unpaired) electrons. The molecular weight excluding hydrogens is 555 g/mol. The summed E-state index contributed by atoms with van der Waals surface area (Å²) in [6, 6.07) is 15.9. The minimum Gasteiger partial charge on any atom is -0.508 e. The van der Waals surface area contributed by atoms with E-state index in [4.69, 9.17) is 0 Å². The summed E-state index contributed by atoms with van der Waals surface area (Å²) in [5, 5.41) is 20.1. The van der Waals surface area contributed by atoms with E-state index in [9.17, 15) is 10.2 Å². The second-order valence-corrected chi connectivity index (χ2v) is 12.0. The topological polar surface area (TPSA) is 103 Å². The molecule has 0 aliphatic heterocycles. The Morgan fingerprint density at radius 1 is 0.366 bits per heavy atom. The molecule has 0 amide bonds. The second kappa shape index (κ2) is 25.0. The molecule has 0 heterocycles. The predicted octanol–water partition coefficient (Wildman–Crippen LogP) is 9.91. The monoisotopic (exact) mass is 615 g/mol. The first-order valence-electron chi connectivity index (χ1n) is 16.3. The molecule has 6 N–H and O–H groups in total. The second-order valence-electron chi connectivity index (χ2n) is 12.0. The van der Waals surface area contributed by atoms with Gasteiger partial charge in [0.05, 0.1) is 0 Å². The van der Waals surface area contributed by atoms with Gasteiger partial charge in [0.2, 0.25) is 0 Å². The van der Waals surface area contributed by atoms with Crippen molar-refractivity contribution < 1.29 is 37.9 Å². The van der Waals surface area contributed by atoms with E-state index >= 15 is 0 Å². The Morgan fingerprint density at radius 2 is 0.585 bits per heavy atom. The molecule has 4 nitrogen and oxygen atoms in total. The molecule has 0 saturated heterocycles. The van der Waals surface area contributed by atoms with Gasteiger partial charge < -0.3 is 21.2 Å². The Labute approximate surface area is 261 Å². The first-order valence-corrected chi connectivity index (χ1v) is 16.3. The number of rotatable bonds is 2. The van der Waals surface area contributed by atoms with Crippen molar-refractivity contribution in [2.75, 3.05) is 0 Å². The number of hydrogen-bond donors (Lipinski definition) is 2. The first-order chi connectivity index (χ1) is 18.8. The molecule has 4 rings (SSSR count). The van der Waals surface area contributed by atoms with Gasteiger partial charge in [0.1, 0.15) is 11.5 Å². The molecule has 0 aromatic heterocycles. The van der Waals surface area contributed by atoms with Gasteiger partial charge in [0.15, 0.2) is 0 Å². The summed E-state index contributed by atoms with van der Waals surface area (Å²) >= 11 is 0. The zero-order chi connectivity index (χ0) is 26.7. The summed E-state index contributed by atoms with van der Waals surface area (Å²) in [7, 11) is 0. The van der Waals surface area contributed by atoms with E-state index in [0.29, 0.717) is 23.3 Å². The van der Waals surface area contributed by atoms with Crippen LogP contribution in [0.4, 0.5) is 0 Å². The standard InChI is InChI=1S/2C18H28O.Co.2H2O/c2*19-18-15-11-10-14-17(18)16-12-8-6-4-2-1-3-5-7-9-13-16;;;/h2*10-11,14-16,19H,1-9,12-13H2;;2*1H2. The Morgan fingerprint density at radius 3 is 0.829 bits per heavy atom. The third-order valence-corrected chi connectivity index (χ3v) is 8.96. The maximum Gasteiger partial charge on any atom is 0.119 e. The SMILES string of the molecule is O.O.Oc1ccccc1C1CCCCCCCCCCC1.Oc1ccccc1C1CCCCCCCCCCC1.[Co]. The van der Waals surface area contributed by atoms with E-state index in [2.05, 4.69) is 24.3 Å². The zero-order valence-corrected chi connectivity index (χ0v) is 26.6. The van der Waals surface area contributed by atoms with E-state index < -0.39 is 0 Å². The number of aromatic hydroxyl groups is 2. The smallest absolute Gasteiger partial charge is 0.119 e. The number of phenolic OH excluding ortho intramolecular Hbond substituents is 2. The van der Waals surface area contributed by atoms with Crippen molar-refractivity contribution in [2.45, 2.75) is 153 Å². The van der Waals surface area contributed by atoms with Crippen LogP contribution in [0.3, 0.4) is 0 Å². The maximum absolute atomic E-state index is 10.1. The molecule has 0 unspecified atom stereocenters. The summed E-state index contributed by atoms with van der Waals surface area (Å²) < 4.78 is 0. The molecule has 237 valence electrons. The van der Waals surface area contributed by atoms with Crippen LogP contribution in [0.2, 0.25) is 0 Å². The largest absolute Gasteiger partial charge is 0.508 e. The molecular formula is C36H60CoO4. The van der Waals surface area contributed by atoms with E-state index in [1.807, 2.05) is 24.3 Å². The molecule has 41 heavy (non-hydrogen) atoms. The number of para-hydroxylation sites is 2. The minimum absolute atomic E-state index is 0. The third kappa shape index (κ3) is 16.0. The molecule has 2 fully saturated rings. The molecule has 0 spiro atoms. The molecule has 2 saturated carbocycles. The van der Waals surface area contributed by atoms with Gasteiger partial charge in [0, 0.05) is 16.8 Å². The molecule has 2 aliphatic rings. The van der Waals surface area contributed by atoms with Crippen molar-refractivity contribution in [1.82, 2.24) is 0 Å². The molecule has 2 aliphatic carbocycles. The fourth-order valence-electron chi connectivity index (χ4n) is 6.61. The van der Waals surface area contributed by atoms with Crippen molar-refractivity contribution >= 4 is 0 Å². The Balaban J connectivity index is 0.000000727. The van der Waals surface area contributed by atoms with E-state index in [1.54, 1.807) is 0 Å². The van der Waals surface area contributed by atoms with Gasteiger partial charge >= 0.3 is 0 Å². The van der Waals surface area contributed by atoms with Crippen molar-refractivity contribution in [3.8, 4) is 11.5 Å².